The van der Waals surface area contributed by atoms with Gasteiger partial charge >= 0.3 is 0 Å². The Bertz CT molecular complexity index is 2350. The first-order valence-electron chi connectivity index (χ1n) is 15.9. The SMILES string of the molecule is c1ccc(-c2ccc3c(c2-c2ccccc2)Cc2cc(-c4ccc(-c5nc6ccccc6n5-c5ccccc5)cc4)ccc2-3)cc1. The number of benzene rings is 7. The average Bonchev–Trinajstić information content (AvgIpc) is 3.71. The lowest BCUT2D eigenvalue weighted by molar-refractivity contribution is 1.10. The molecule has 0 fully saturated rings. The molecule has 0 spiro atoms. The van der Waals surface area contributed by atoms with E-state index in [1.54, 1.807) is 0 Å². The Kier molecular flexibility index (Phi) is 6.24. The zero-order valence-electron chi connectivity index (χ0n) is 25.3. The summed E-state index contributed by atoms with van der Waals surface area (Å²) in [6.07, 6.45) is 0.919. The van der Waals surface area contributed by atoms with Gasteiger partial charge < -0.3 is 0 Å². The molecule has 9 rings (SSSR count). The molecule has 0 aliphatic heterocycles. The molecular weight excluding hydrogens is 556 g/mol. The third-order valence-electron chi connectivity index (χ3n) is 9.27. The van der Waals surface area contributed by atoms with Crippen LogP contribution in [0.15, 0.2) is 170 Å². The van der Waals surface area contributed by atoms with Crippen LogP contribution in [0.2, 0.25) is 0 Å². The molecule has 1 aliphatic rings. The summed E-state index contributed by atoms with van der Waals surface area (Å²) >= 11 is 0. The van der Waals surface area contributed by atoms with E-state index in [9.17, 15) is 0 Å². The van der Waals surface area contributed by atoms with Crippen molar-refractivity contribution in [2.24, 2.45) is 0 Å². The van der Waals surface area contributed by atoms with Crippen molar-refractivity contribution < 1.29 is 0 Å². The first kappa shape index (κ1) is 26.4. The molecule has 46 heavy (non-hydrogen) atoms. The molecule has 0 saturated carbocycles. The van der Waals surface area contributed by atoms with Crippen molar-refractivity contribution in [2.45, 2.75) is 6.42 Å². The van der Waals surface area contributed by atoms with Crippen molar-refractivity contribution in [3.63, 3.8) is 0 Å². The molecule has 0 N–H and O–H groups in total. The van der Waals surface area contributed by atoms with Crippen molar-refractivity contribution >= 4 is 11.0 Å². The highest BCUT2D eigenvalue weighted by Crippen LogP contribution is 2.46. The molecule has 0 atom stereocenters. The molecule has 1 heterocycles. The maximum absolute atomic E-state index is 5.06. The van der Waals surface area contributed by atoms with Crippen LogP contribution in [0, 0.1) is 0 Å². The van der Waals surface area contributed by atoms with Crippen LogP contribution >= 0.6 is 0 Å². The van der Waals surface area contributed by atoms with E-state index in [4.69, 9.17) is 4.98 Å². The van der Waals surface area contributed by atoms with E-state index in [0.717, 1.165) is 34.5 Å². The molecule has 0 amide bonds. The fourth-order valence-corrected chi connectivity index (χ4v) is 7.12. The number of imidazole rings is 1. The van der Waals surface area contributed by atoms with Crippen LogP contribution in [0.5, 0.6) is 0 Å². The van der Waals surface area contributed by atoms with Gasteiger partial charge in [-0.05, 0) is 86.3 Å². The summed E-state index contributed by atoms with van der Waals surface area (Å²) < 4.78 is 2.25. The van der Waals surface area contributed by atoms with E-state index in [1.807, 2.05) is 0 Å². The van der Waals surface area contributed by atoms with Crippen molar-refractivity contribution in [1.82, 2.24) is 9.55 Å². The second-order valence-electron chi connectivity index (χ2n) is 12.0. The predicted molar refractivity (Wildman–Crippen MR) is 191 cm³/mol. The quantitative estimate of drug-likeness (QED) is 0.196. The van der Waals surface area contributed by atoms with Gasteiger partial charge in [-0.3, -0.25) is 4.57 Å². The molecule has 216 valence electrons. The number of nitrogens with zero attached hydrogens (tertiary/aromatic N) is 2. The molecule has 2 nitrogen and oxygen atoms in total. The summed E-state index contributed by atoms with van der Waals surface area (Å²) in [5.41, 5.74) is 17.4. The standard InChI is InChI=1S/C44H30N2/c1-4-12-31(13-5-1)38-26-27-39-37-25-24-34(28-35(37)29-40(39)43(38)32-14-6-2-7-15-32)30-20-22-33(23-21-30)44-45-41-18-10-11-19-42(41)46(44)36-16-8-3-9-17-36/h1-28H,29H2. The lowest BCUT2D eigenvalue weighted by atomic mass is 9.88. The number of hydrogen-bond acceptors (Lipinski definition) is 1. The Labute approximate surface area is 268 Å². The lowest BCUT2D eigenvalue weighted by Gasteiger charge is -2.16. The maximum atomic E-state index is 5.06. The zero-order valence-corrected chi connectivity index (χ0v) is 25.3. The number of hydrogen-bond donors (Lipinski definition) is 0. The highest BCUT2D eigenvalue weighted by molar-refractivity contribution is 5.94. The Hall–Kier alpha value is -5.99. The Morgan fingerprint density at radius 3 is 1.78 bits per heavy atom. The molecule has 7 aromatic carbocycles. The minimum Gasteiger partial charge on any atom is -0.292 e. The average molecular weight is 587 g/mol. The summed E-state index contributed by atoms with van der Waals surface area (Å²) in [6.45, 7) is 0. The maximum Gasteiger partial charge on any atom is 0.145 e. The van der Waals surface area contributed by atoms with Crippen LogP contribution < -0.4 is 0 Å². The van der Waals surface area contributed by atoms with Crippen LogP contribution in [0.4, 0.5) is 0 Å². The van der Waals surface area contributed by atoms with Crippen molar-refractivity contribution in [3.8, 4) is 61.6 Å². The van der Waals surface area contributed by atoms with Crippen LogP contribution in [-0.2, 0) is 6.42 Å². The summed E-state index contributed by atoms with van der Waals surface area (Å²) in [4.78, 5) is 5.06. The van der Waals surface area contributed by atoms with Crippen molar-refractivity contribution in [1.29, 1.82) is 0 Å². The van der Waals surface area contributed by atoms with E-state index >= 15 is 0 Å². The van der Waals surface area contributed by atoms with Gasteiger partial charge in [0.1, 0.15) is 5.82 Å². The summed E-state index contributed by atoms with van der Waals surface area (Å²) in [7, 11) is 0. The van der Waals surface area contributed by atoms with Crippen molar-refractivity contribution in [3.05, 3.63) is 181 Å². The predicted octanol–water partition coefficient (Wildman–Crippen LogP) is 11.3. The molecule has 8 aromatic rings. The van der Waals surface area contributed by atoms with Crippen molar-refractivity contribution in [2.75, 3.05) is 0 Å². The van der Waals surface area contributed by atoms with Gasteiger partial charge in [0.2, 0.25) is 0 Å². The minimum absolute atomic E-state index is 0.919. The van der Waals surface area contributed by atoms with Crippen LogP contribution in [0.3, 0.4) is 0 Å². The summed E-state index contributed by atoms with van der Waals surface area (Å²) in [5, 5.41) is 0. The van der Waals surface area contributed by atoms with Gasteiger partial charge in [-0.1, -0.05) is 146 Å². The van der Waals surface area contributed by atoms with Gasteiger partial charge in [-0.25, -0.2) is 4.98 Å². The molecule has 0 saturated heterocycles. The van der Waals surface area contributed by atoms with Gasteiger partial charge in [-0.15, -0.1) is 0 Å². The number of para-hydroxylation sites is 3. The Balaban J connectivity index is 1.09. The monoisotopic (exact) mass is 586 g/mol. The van der Waals surface area contributed by atoms with Gasteiger partial charge in [0.25, 0.3) is 0 Å². The third kappa shape index (κ3) is 4.38. The van der Waals surface area contributed by atoms with E-state index in [0.29, 0.717) is 0 Å². The van der Waals surface area contributed by atoms with E-state index in [2.05, 4.69) is 174 Å². The third-order valence-corrected chi connectivity index (χ3v) is 9.27. The van der Waals surface area contributed by atoms with Crippen LogP contribution in [-0.4, -0.2) is 9.55 Å². The molecule has 0 unspecified atom stereocenters. The highest BCUT2D eigenvalue weighted by atomic mass is 15.1. The van der Waals surface area contributed by atoms with Gasteiger partial charge in [0, 0.05) is 11.3 Å². The first-order chi connectivity index (χ1) is 22.8. The summed E-state index contributed by atoms with van der Waals surface area (Å²) in [6, 6.07) is 61.0. The van der Waals surface area contributed by atoms with Crippen LogP contribution in [0.1, 0.15) is 11.1 Å². The smallest absolute Gasteiger partial charge is 0.145 e. The molecule has 0 radical (unpaired) electrons. The van der Waals surface area contributed by atoms with E-state index < -0.39 is 0 Å². The minimum atomic E-state index is 0.919. The fraction of sp³-hybridized carbons (Fsp3) is 0.0227. The van der Waals surface area contributed by atoms with Gasteiger partial charge in [0.15, 0.2) is 0 Å². The van der Waals surface area contributed by atoms with Gasteiger partial charge in [0.05, 0.1) is 11.0 Å². The topological polar surface area (TPSA) is 17.8 Å². The van der Waals surface area contributed by atoms with Gasteiger partial charge in [-0.2, -0.15) is 0 Å². The molecule has 1 aromatic heterocycles. The molecule has 2 heteroatoms. The van der Waals surface area contributed by atoms with E-state index in [-0.39, 0.29) is 0 Å². The lowest BCUT2D eigenvalue weighted by Crippen LogP contribution is -1.97. The molecular formula is C44H30N2. The Morgan fingerprint density at radius 1 is 0.435 bits per heavy atom. The number of aromatic nitrogens is 2. The number of fused-ring (bicyclic) bond motifs is 4. The number of rotatable bonds is 5. The second-order valence-corrected chi connectivity index (χ2v) is 12.0. The largest absolute Gasteiger partial charge is 0.292 e. The van der Waals surface area contributed by atoms with E-state index in [1.165, 1.54) is 55.6 Å². The Morgan fingerprint density at radius 2 is 1.02 bits per heavy atom. The second kappa shape index (κ2) is 10.9. The molecule has 1 aliphatic carbocycles. The first-order valence-corrected chi connectivity index (χ1v) is 15.9. The normalized spacial score (nSPS) is 11.8. The highest BCUT2D eigenvalue weighted by Gasteiger charge is 2.25. The summed E-state index contributed by atoms with van der Waals surface area (Å²) in [5.74, 6) is 0.950. The molecule has 0 bridgehead atoms. The fourth-order valence-electron chi connectivity index (χ4n) is 7.12. The van der Waals surface area contributed by atoms with Crippen LogP contribution in [0.25, 0.3) is 72.6 Å². The zero-order chi connectivity index (χ0) is 30.5.